The van der Waals surface area contributed by atoms with Crippen molar-refractivity contribution in [2.75, 3.05) is 7.11 Å². The molecule has 29 heavy (non-hydrogen) atoms. The Labute approximate surface area is 160 Å². The van der Waals surface area contributed by atoms with E-state index in [2.05, 4.69) is 10.1 Å². The van der Waals surface area contributed by atoms with Crippen LogP contribution in [0.2, 0.25) is 0 Å². The van der Waals surface area contributed by atoms with Gasteiger partial charge in [-0.25, -0.2) is 14.1 Å². The molecule has 4 aromatic rings. The highest BCUT2D eigenvalue weighted by molar-refractivity contribution is 5.67. The van der Waals surface area contributed by atoms with Crippen LogP contribution in [0.4, 0.5) is 17.6 Å². The van der Waals surface area contributed by atoms with E-state index in [9.17, 15) is 22.4 Å². The number of fused-ring (bicyclic) bond motifs is 1. The molecule has 0 spiro atoms. The van der Waals surface area contributed by atoms with Crippen LogP contribution in [0.25, 0.3) is 22.5 Å². The Hall–Kier alpha value is -3.69. The van der Waals surface area contributed by atoms with Crippen molar-refractivity contribution in [3.05, 3.63) is 76.9 Å². The van der Waals surface area contributed by atoms with Crippen molar-refractivity contribution in [3.63, 3.8) is 0 Å². The topological polar surface area (TPSA) is 61.4 Å². The fourth-order valence-electron chi connectivity index (χ4n) is 2.92. The highest BCUT2D eigenvalue weighted by Crippen LogP contribution is 2.34. The molecule has 0 N–H and O–H groups in total. The Bertz CT molecular complexity index is 1280. The number of methoxy groups -OCH3 is 1. The normalized spacial score (nSPS) is 11.8. The second-order valence-corrected chi connectivity index (χ2v) is 6.09. The third kappa shape index (κ3) is 3.33. The van der Waals surface area contributed by atoms with Gasteiger partial charge in [0.1, 0.15) is 17.2 Å². The summed E-state index contributed by atoms with van der Waals surface area (Å²) in [6.45, 7) is 0. The summed E-state index contributed by atoms with van der Waals surface area (Å²) in [6, 6.07) is 8.03. The smallest absolute Gasteiger partial charge is 0.434 e. The van der Waals surface area contributed by atoms with E-state index in [-0.39, 0.29) is 17.0 Å². The Morgan fingerprint density at radius 3 is 2.62 bits per heavy atom. The molecule has 0 aliphatic carbocycles. The molecule has 0 aliphatic heterocycles. The van der Waals surface area contributed by atoms with E-state index in [0.717, 1.165) is 10.6 Å². The SMILES string of the molecule is COc1ccn2c(=O)c(-c3cnn(-c4cccc(F)c4)c3)c(C(F)(F)F)nc2c1. The summed E-state index contributed by atoms with van der Waals surface area (Å²) in [5.41, 5.74) is -2.91. The van der Waals surface area contributed by atoms with Gasteiger partial charge in [-0.05, 0) is 24.3 Å². The van der Waals surface area contributed by atoms with E-state index in [1.807, 2.05) is 0 Å². The van der Waals surface area contributed by atoms with Gasteiger partial charge in [0.25, 0.3) is 5.56 Å². The predicted octanol–water partition coefficient (Wildman–Crippen LogP) is 3.71. The standard InChI is InChI=1S/C19H12F4N4O2/c1-29-14-5-6-26-15(8-14)25-17(19(21,22)23)16(18(26)28)11-9-24-27(10-11)13-4-2-3-12(20)7-13/h2-10H,1H3. The van der Waals surface area contributed by atoms with Crippen LogP contribution in [0.1, 0.15) is 5.69 Å². The minimum Gasteiger partial charge on any atom is -0.497 e. The molecule has 0 unspecified atom stereocenters. The number of aromatic nitrogens is 4. The first kappa shape index (κ1) is 18.7. The molecule has 0 radical (unpaired) electrons. The average Bonchev–Trinajstić information content (AvgIpc) is 3.16. The number of hydrogen-bond donors (Lipinski definition) is 0. The number of pyridine rings is 1. The van der Waals surface area contributed by atoms with Gasteiger partial charge in [0.15, 0.2) is 5.69 Å². The maximum Gasteiger partial charge on any atom is 0.434 e. The van der Waals surface area contributed by atoms with E-state index >= 15 is 0 Å². The monoisotopic (exact) mass is 404 g/mol. The van der Waals surface area contributed by atoms with E-state index in [0.29, 0.717) is 5.69 Å². The van der Waals surface area contributed by atoms with Gasteiger partial charge in [0.05, 0.1) is 24.6 Å². The lowest BCUT2D eigenvalue weighted by atomic mass is 10.1. The van der Waals surface area contributed by atoms with Gasteiger partial charge in [0.2, 0.25) is 0 Å². The molecule has 1 aromatic carbocycles. The van der Waals surface area contributed by atoms with Crippen molar-refractivity contribution in [3.8, 4) is 22.6 Å². The lowest BCUT2D eigenvalue weighted by Gasteiger charge is -2.13. The first-order chi connectivity index (χ1) is 13.8. The second kappa shape index (κ2) is 6.73. The Morgan fingerprint density at radius 1 is 1.14 bits per heavy atom. The van der Waals surface area contributed by atoms with Crippen LogP contribution in [-0.4, -0.2) is 26.3 Å². The molecule has 3 aromatic heterocycles. The molecular weight excluding hydrogens is 392 g/mol. The summed E-state index contributed by atoms with van der Waals surface area (Å²) in [5, 5.41) is 3.96. The lowest BCUT2D eigenvalue weighted by Crippen LogP contribution is -2.24. The number of nitrogens with zero attached hydrogens (tertiary/aromatic N) is 4. The fraction of sp³-hybridized carbons (Fsp3) is 0.105. The first-order valence-corrected chi connectivity index (χ1v) is 8.26. The highest BCUT2D eigenvalue weighted by atomic mass is 19.4. The van der Waals surface area contributed by atoms with Crippen LogP contribution >= 0.6 is 0 Å². The maximum atomic E-state index is 13.7. The van der Waals surface area contributed by atoms with E-state index in [1.165, 1.54) is 60.6 Å². The maximum absolute atomic E-state index is 13.7. The third-order valence-electron chi connectivity index (χ3n) is 4.25. The van der Waals surface area contributed by atoms with Crippen molar-refractivity contribution in [1.82, 2.24) is 19.2 Å². The molecule has 6 nitrogen and oxygen atoms in total. The number of hydrogen-bond acceptors (Lipinski definition) is 4. The molecular formula is C19H12F4N4O2. The van der Waals surface area contributed by atoms with Crippen LogP contribution in [0.3, 0.4) is 0 Å². The van der Waals surface area contributed by atoms with Crippen LogP contribution in [0.5, 0.6) is 5.75 Å². The number of benzene rings is 1. The molecule has 0 saturated carbocycles. The van der Waals surface area contributed by atoms with Crippen LogP contribution in [0, 0.1) is 5.82 Å². The summed E-state index contributed by atoms with van der Waals surface area (Å²) < 4.78 is 61.7. The molecule has 148 valence electrons. The van der Waals surface area contributed by atoms with Crippen molar-refractivity contribution in [2.24, 2.45) is 0 Å². The molecule has 0 amide bonds. The van der Waals surface area contributed by atoms with Crippen molar-refractivity contribution in [1.29, 1.82) is 0 Å². The minimum atomic E-state index is -4.88. The average molecular weight is 404 g/mol. The highest BCUT2D eigenvalue weighted by Gasteiger charge is 2.38. The zero-order valence-corrected chi connectivity index (χ0v) is 14.8. The molecule has 0 aliphatic rings. The van der Waals surface area contributed by atoms with Gasteiger partial charge in [-0.3, -0.25) is 9.20 Å². The summed E-state index contributed by atoms with van der Waals surface area (Å²) in [4.78, 5) is 16.5. The zero-order valence-electron chi connectivity index (χ0n) is 14.8. The summed E-state index contributed by atoms with van der Waals surface area (Å²) in [7, 11) is 1.35. The largest absolute Gasteiger partial charge is 0.497 e. The van der Waals surface area contributed by atoms with Crippen molar-refractivity contribution >= 4 is 5.65 Å². The molecule has 0 fully saturated rings. The van der Waals surface area contributed by atoms with Crippen LogP contribution in [0.15, 0.2) is 59.8 Å². The predicted molar refractivity (Wildman–Crippen MR) is 95.5 cm³/mol. The van der Waals surface area contributed by atoms with Crippen LogP contribution < -0.4 is 10.3 Å². The molecule has 0 saturated heterocycles. The fourth-order valence-corrected chi connectivity index (χ4v) is 2.92. The van der Waals surface area contributed by atoms with Gasteiger partial charge in [-0.15, -0.1) is 0 Å². The lowest BCUT2D eigenvalue weighted by molar-refractivity contribution is -0.140. The van der Waals surface area contributed by atoms with Crippen molar-refractivity contribution in [2.45, 2.75) is 6.18 Å². The third-order valence-corrected chi connectivity index (χ3v) is 4.25. The van der Waals surface area contributed by atoms with Crippen LogP contribution in [-0.2, 0) is 6.18 Å². The summed E-state index contributed by atoms with van der Waals surface area (Å²) >= 11 is 0. The van der Waals surface area contributed by atoms with Gasteiger partial charge >= 0.3 is 6.18 Å². The Kier molecular flexibility index (Phi) is 4.33. The Morgan fingerprint density at radius 2 is 1.93 bits per heavy atom. The zero-order chi connectivity index (χ0) is 20.8. The number of rotatable bonds is 3. The molecule has 0 atom stereocenters. The van der Waals surface area contributed by atoms with Gasteiger partial charge < -0.3 is 4.74 Å². The second-order valence-electron chi connectivity index (χ2n) is 6.09. The van der Waals surface area contributed by atoms with Gasteiger partial charge in [0, 0.05) is 24.0 Å². The molecule has 0 bridgehead atoms. The number of alkyl halides is 3. The minimum absolute atomic E-state index is 0.0932. The van der Waals surface area contributed by atoms with E-state index in [4.69, 9.17) is 4.74 Å². The quantitative estimate of drug-likeness (QED) is 0.489. The molecule has 3 heterocycles. The molecule has 4 rings (SSSR count). The van der Waals surface area contributed by atoms with Gasteiger partial charge in [-0.2, -0.15) is 18.3 Å². The first-order valence-electron chi connectivity index (χ1n) is 8.26. The summed E-state index contributed by atoms with van der Waals surface area (Å²) in [5.74, 6) is -0.270. The number of halogens is 4. The van der Waals surface area contributed by atoms with Crippen molar-refractivity contribution < 1.29 is 22.3 Å². The number of ether oxygens (including phenoxy) is 1. The van der Waals surface area contributed by atoms with E-state index in [1.54, 1.807) is 0 Å². The van der Waals surface area contributed by atoms with E-state index < -0.39 is 28.8 Å². The summed E-state index contributed by atoms with van der Waals surface area (Å²) in [6.07, 6.45) is -1.27. The van der Waals surface area contributed by atoms with Gasteiger partial charge in [-0.1, -0.05) is 6.07 Å². The molecule has 10 heteroatoms. The Balaban J connectivity index is 1.96.